The zero-order valence-corrected chi connectivity index (χ0v) is 13.7. The minimum atomic E-state index is -0.118. The molecule has 1 aromatic heterocycles. The van der Waals surface area contributed by atoms with Gasteiger partial charge in [0.2, 0.25) is 5.91 Å². The number of amides is 1. The lowest BCUT2D eigenvalue weighted by atomic mass is 9.84. The van der Waals surface area contributed by atoms with Crippen molar-refractivity contribution in [2.24, 2.45) is 5.92 Å². The average Bonchev–Trinajstić information content (AvgIpc) is 2.76. The lowest BCUT2D eigenvalue weighted by Crippen LogP contribution is -2.45. The van der Waals surface area contributed by atoms with Crippen molar-refractivity contribution in [1.82, 2.24) is 15.6 Å². The van der Waals surface area contributed by atoms with Crippen LogP contribution in [-0.4, -0.2) is 17.4 Å². The van der Waals surface area contributed by atoms with Gasteiger partial charge in [0, 0.05) is 28.4 Å². The number of nitrogens with one attached hydrogen (secondary N) is 3. The molecule has 1 aliphatic heterocycles. The van der Waals surface area contributed by atoms with Crippen molar-refractivity contribution >= 4 is 40.8 Å². The fourth-order valence-corrected chi connectivity index (χ4v) is 3.43. The van der Waals surface area contributed by atoms with Gasteiger partial charge in [-0.25, -0.2) is 0 Å². The molecule has 2 aromatic rings. The highest BCUT2D eigenvalue weighted by Gasteiger charge is 2.30. The second-order valence-electron chi connectivity index (χ2n) is 5.98. The predicted octanol–water partition coefficient (Wildman–Crippen LogP) is 3.30. The largest absolute Gasteiger partial charge is 0.355 e. The first kappa shape index (κ1) is 15.7. The van der Waals surface area contributed by atoms with Gasteiger partial charge in [0.15, 0.2) is 0 Å². The molecule has 22 heavy (non-hydrogen) atoms. The summed E-state index contributed by atoms with van der Waals surface area (Å²) in [7, 11) is 0. The van der Waals surface area contributed by atoms with E-state index in [9.17, 15) is 4.79 Å². The molecule has 1 aliphatic carbocycles. The van der Waals surface area contributed by atoms with Crippen LogP contribution in [0, 0.1) is 5.92 Å². The van der Waals surface area contributed by atoms with Crippen molar-refractivity contribution in [3.05, 3.63) is 34.5 Å². The Hall–Kier alpha value is -1.23. The first-order valence-corrected chi connectivity index (χ1v) is 7.94. The number of carbonyl (C=O) groups excluding carboxylic acids is 1. The number of H-pyrrole nitrogens is 1. The molecule has 1 fully saturated rings. The SMILES string of the molecule is Cl.O=C(NC1NCCc2c1[nH]c1ccc(Cl)cc21)C1CCC1. The maximum Gasteiger partial charge on any atom is 0.224 e. The molecule has 1 atom stereocenters. The first-order valence-electron chi connectivity index (χ1n) is 7.56. The maximum atomic E-state index is 12.2. The van der Waals surface area contributed by atoms with Crippen molar-refractivity contribution < 1.29 is 4.79 Å². The van der Waals surface area contributed by atoms with E-state index in [2.05, 4.69) is 15.6 Å². The zero-order chi connectivity index (χ0) is 14.4. The number of rotatable bonds is 2. The standard InChI is InChI=1S/C16H18ClN3O.ClH/c17-10-4-5-13-12(8-10)11-6-7-18-15(14(11)19-13)20-16(21)9-2-1-3-9;/h4-5,8-9,15,18-19H,1-3,6-7H2,(H,20,21);1H. The average molecular weight is 340 g/mol. The monoisotopic (exact) mass is 339 g/mol. The summed E-state index contributed by atoms with van der Waals surface area (Å²) in [6.45, 7) is 0.863. The van der Waals surface area contributed by atoms with Crippen molar-refractivity contribution in [3.63, 3.8) is 0 Å². The van der Waals surface area contributed by atoms with E-state index in [0.717, 1.165) is 42.0 Å². The van der Waals surface area contributed by atoms with Crippen LogP contribution in [0.4, 0.5) is 0 Å². The molecule has 0 spiro atoms. The Morgan fingerprint density at radius 2 is 2.14 bits per heavy atom. The van der Waals surface area contributed by atoms with Gasteiger partial charge >= 0.3 is 0 Å². The molecule has 1 unspecified atom stereocenters. The van der Waals surface area contributed by atoms with Crippen LogP contribution in [-0.2, 0) is 11.2 Å². The van der Waals surface area contributed by atoms with Crippen LogP contribution < -0.4 is 10.6 Å². The van der Waals surface area contributed by atoms with E-state index in [4.69, 9.17) is 11.6 Å². The molecule has 4 rings (SSSR count). The van der Waals surface area contributed by atoms with Gasteiger partial charge in [-0.2, -0.15) is 0 Å². The molecule has 1 saturated carbocycles. The normalized spacial score (nSPS) is 20.9. The topological polar surface area (TPSA) is 56.9 Å². The summed E-state index contributed by atoms with van der Waals surface area (Å²) >= 11 is 6.11. The van der Waals surface area contributed by atoms with Crippen LogP contribution in [0.5, 0.6) is 0 Å². The van der Waals surface area contributed by atoms with E-state index < -0.39 is 0 Å². The first-order chi connectivity index (χ1) is 10.2. The molecule has 2 aliphatic rings. The van der Waals surface area contributed by atoms with Crippen LogP contribution in [0.25, 0.3) is 10.9 Å². The van der Waals surface area contributed by atoms with E-state index in [0.29, 0.717) is 0 Å². The number of benzene rings is 1. The number of fused-ring (bicyclic) bond motifs is 3. The van der Waals surface area contributed by atoms with Crippen molar-refractivity contribution in [2.75, 3.05) is 6.54 Å². The Morgan fingerprint density at radius 3 is 2.86 bits per heavy atom. The van der Waals surface area contributed by atoms with Gasteiger partial charge in [-0.15, -0.1) is 12.4 Å². The van der Waals surface area contributed by atoms with Crippen LogP contribution in [0.1, 0.15) is 36.7 Å². The Kier molecular flexibility index (Phi) is 4.35. The quantitative estimate of drug-likeness (QED) is 0.786. The highest BCUT2D eigenvalue weighted by atomic mass is 35.5. The number of hydrogen-bond acceptors (Lipinski definition) is 2. The van der Waals surface area contributed by atoms with Crippen LogP contribution in [0.15, 0.2) is 18.2 Å². The summed E-state index contributed by atoms with van der Waals surface area (Å²) < 4.78 is 0. The van der Waals surface area contributed by atoms with Gasteiger partial charge in [0.25, 0.3) is 0 Å². The molecule has 0 bridgehead atoms. The fourth-order valence-electron chi connectivity index (χ4n) is 3.25. The molecule has 4 nitrogen and oxygen atoms in total. The van der Waals surface area contributed by atoms with Gasteiger partial charge < -0.3 is 10.3 Å². The van der Waals surface area contributed by atoms with Crippen molar-refractivity contribution in [2.45, 2.75) is 31.8 Å². The van der Waals surface area contributed by atoms with Crippen LogP contribution in [0.2, 0.25) is 5.02 Å². The molecule has 3 N–H and O–H groups in total. The van der Waals surface area contributed by atoms with E-state index >= 15 is 0 Å². The highest BCUT2D eigenvalue weighted by molar-refractivity contribution is 6.31. The molecular weight excluding hydrogens is 321 g/mol. The number of aromatic nitrogens is 1. The Morgan fingerprint density at radius 1 is 1.32 bits per heavy atom. The number of aromatic amines is 1. The van der Waals surface area contributed by atoms with Crippen molar-refractivity contribution in [3.8, 4) is 0 Å². The summed E-state index contributed by atoms with van der Waals surface area (Å²) in [4.78, 5) is 15.6. The molecule has 0 radical (unpaired) electrons. The van der Waals surface area contributed by atoms with Crippen LogP contribution >= 0.6 is 24.0 Å². The number of halogens is 2. The van der Waals surface area contributed by atoms with Gasteiger partial charge in [-0.05, 0) is 43.0 Å². The number of hydrogen-bond donors (Lipinski definition) is 3. The number of carbonyl (C=O) groups is 1. The van der Waals surface area contributed by atoms with Gasteiger partial charge in [-0.3, -0.25) is 10.1 Å². The van der Waals surface area contributed by atoms with Crippen LogP contribution in [0.3, 0.4) is 0 Å². The summed E-state index contributed by atoms with van der Waals surface area (Å²) in [6, 6.07) is 5.89. The van der Waals surface area contributed by atoms with Gasteiger partial charge in [-0.1, -0.05) is 18.0 Å². The summed E-state index contributed by atoms with van der Waals surface area (Å²) in [5.74, 6) is 0.374. The molecule has 0 saturated heterocycles. The summed E-state index contributed by atoms with van der Waals surface area (Å²) in [6.07, 6.45) is 4.05. The highest BCUT2D eigenvalue weighted by Crippen LogP contribution is 2.32. The van der Waals surface area contributed by atoms with E-state index in [-0.39, 0.29) is 30.4 Å². The smallest absolute Gasteiger partial charge is 0.224 e. The second-order valence-corrected chi connectivity index (χ2v) is 6.42. The summed E-state index contributed by atoms with van der Waals surface area (Å²) in [5.41, 5.74) is 3.42. The minimum Gasteiger partial charge on any atom is -0.355 e. The third kappa shape index (κ3) is 2.60. The second kappa shape index (κ2) is 6.11. The lowest BCUT2D eigenvalue weighted by molar-refractivity contribution is -0.128. The third-order valence-corrected chi connectivity index (χ3v) is 4.91. The molecule has 1 amide bonds. The Labute approximate surface area is 140 Å². The zero-order valence-electron chi connectivity index (χ0n) is 12.1. The predicted molar refractivity (Wildman–Crippen MR) is 90.5 cm³/mol. The van der Waals surface area contributed by atoms with Crippen molar-refractivity contribution in [1.29, 1.82) is 0 Å². The van der Waals surface area contributed by atoms with E-state index in [1.54, 1.807) is 0 Å². The molecule has 118 valence electrons. The fraction of sp³-hybridized carbons (Fsp3) is 0.438. The van der Waals surface area contributed by atoms with E-state index in [1.807, 2.05) is 18.2 Å². The molecule has 1 aromatic carbocycles. The van der Waals surface area contributed by atoms with Gasteiger partial charge in [0.1, 0.15) is 6.17 Å². The molecular formula is C16H19Cl2N3O. The Bertz CT molecular complexity index is 709. The lowest BCUT2D eigenvalue weighted by Gasteiger charge is -2.30. The third-order valence-electron chi connectivity index (χ3n) is 4.68. The molecule has 2 heterocycles. The Balaban J connectivity index is 0.00000144. The van der Waals surface area contributed by atoms with Gasteiger partial charge in [0.05, 0.1) is 5.69 Å². The van der Waals surface area contributed by atoms with E-state index in [1.165, 1.54) is 17.4 Å². The summed E-state index contributed by atoms with van der Waals surface area (Å²) in [5, 5.41) is 8.44. The maximum absolute atomic E-state index is 12.2. The molecule has 6 heteroatoms. The minimum absolute atomic E-state index is 0.